The van der Waals surface area contributed by atoms with E-state index in [1.54, 1.807) is 0 Å². The third-order valence-electron chi connectivity index (χ3n) is 3.50. The summed E-state index contributed by atoms with van der Waals surface area (Å²) >= 11 is 0. The van der Waals surface area contributed by atoms with Crippen LogP contribution in [0.4, 0.5) is 0 Å². The summed E-state index contributed by atoms with van der Waals surface area (Å²) in [7, 11) is 0. The van der Waals surface area contributed by atoms with Crippen molar-refractivity contribution in [3.63, 3.8) is 0 Å². The third-order valence-corrected chi connectivity index (χ3v) is 3.50. The van der Waals surface area contributed by atoms with E-state index in [0.717, 1.165) is 29.9 Å². The van der Waals surface area contributed by atoms with Gasteiger partial charge in [-0.25, -0.2) is 4.98 Å². The molecule has 0 spiro atoms. The molecule has 0 saturated heterocycles. The van der Waals surface area contributed by atoms with Crippen LogP contribution in [0.25, 0.3) is 11.3 Å². The number of hydrogen-bond donors (Lipinski definition) is 1. The van der Waals surface area contributed by atoms with E-state index in [-0.39, 0.29) is 0 Å². The molecule has 21 heavy (non-hydrogen) atoms. The molecule has 3 rings (SSSR count). The summed E-state index contributed by atoms with van der Waals surface area (Å²) in [5.41, 5.74) is 10.1. The number of aromatic nitrogens is 1. The molecule has 1 aromatic heterocycles. The summed E-state index contributed by atoms with van der Waals surface area (Å²) < 4.78 is 5.59. The van der Waals surface area contributed by atoms with Crippen LogP contribution in [-0.2, 0) is 12.8 Å². The lowest BCUT2D eigenvalue weighted by atomic mass is 10.0. The highest BCUT2D eigenvalue weighted by Crippen LogP contribution is 2.25. The standard InChI is InChI=1S/C18H18N2O/c19-11-10-14-6-8-16(9-7-14)18-17(20-13-21-18)12-15-4-2-1-3-5-15/h1-9,13H,10-12,19H2. The molecule has 0 atom stereocenters. The fourth-order valence-corrected chi connectivity index (χ4v) is 2.41. The van der Waals surface area contributed by atoms with Crippen molar-refractivity contribution in [1.29, 1.82) is 0 Å². The Hall–Kier alpha value is -2.39. The highest BCUT2D eigenvalue weighted by Gasteiger charge is 2.11. The maximum absolute atomic E-state index is 5.59. The Kier molecular flexibility index (Phi) is 4.12. The molecule has 0 aliphatic carbocycles. The molecule has 0 radical (unpaired) electrons. The number of hydrogen-bond acceptors (Lipinski definition) is 3. The zero-order valence-corrected chi connectivity index (χ0v) is 11.8. The summed E-state index contributed by atoms with van der Waals surface area (Å²) in [5.74, 6) is 0.846. The molecule has 0 amide bonds. The Balaban J connectivity index is 1.84. The average molecular weight is 278 g/mol. The normalized spacial score (nSPS) is 10.7. The maximum Gasteiger partial charge on any atom is 0.181 e. The lowest BCUT2D eigenvalue weighted by Gasteiger charge is -2.04. The lowest BCUT2D eigenvalue weighted by molar-refractivity contribution is 0.571. The van der Waals surface area contributed by atoms with Crippen LogP contribution in [0.2, 0.25) is 0 Å². The Bertz CT molecular complexity index is 687. The molecule has 0 aliphatic heterocycles. The molecular weight excluding hydrogens is 260 g/mol. The van der Waals surface area contributed by atoms with Gasteiger partial charge in [0.05, 0.1) is 5.69 Å². The van der Waals surface area contributed by atoms with Crippen molar-refractivity contribution in [2.24, 2.45) is 5.73 Å². The second kappa shape index (κ2) is 6.37. The first kappa shape index (κ1) is 13.6. The van der Waals surface area contributed by atoms with Crippen LogP contribution in [0.3, 0.4) is 0 Å². The van der Waals surface area contributed by atoms with E-state index in [1.165, 1.54) is 17.5 Å². The van der Waals surface area contributed by atoms with Crippen molar-refractivity contribution in [2.75, 3.05) is 6.54 Å². The zero-order chi connectivity index (χ0) is 14.5. The van der Waals surface area contributed by atoms with Gasteiger partial charge < -0.3 is 10.2 Å². The van der Waals surface area contributed by atoms with Crippen molar-refractivity contribution in [2.45, 2.75) is 12.8 Å². The summed E-state index contributed by atoms with van der Waals surface area (Å²) in [6.45, 7) is 0.668. The quantitative estimate of drug-likeness (QED) is 0.778. The molecule has 0 unspecified atom stereocenters. The minimum Gasteiger partial charge on any atom is -0.443 e. The van der Waals surface area contributed by atoms with Crippen LogP contribution in [-0.4, -0.2) is 11.5 Å². The van der Waals surface area contributed by atoms with Crippen LogP contribution >= 0.6 is 0 Å². The number of oxazole rings is 1. The summed E-state index contributed by atoms with van der Waals surface area (Å²) in [6.07, 6.45) is 3.19. The van der Waals surface area contributed by atoms with Crippen LogP contribution in [0.5, 0.6) is 0 Å². The Morgan fingerprint density at radius 2 is 1.67 bits per heavy atom. The van der Waals surface area contributed by atoms with Gasteiger partial charge in [0.2, 0.25) is 0 Å². The van der Waals surface area contributed by atoms with Crippen molar-refractivity contribution in [3.8, 4) is 11.3 Å². The van der Waals surface area contributed by atoms with Gasteiger partial charge in [-0.05, 0) is 24.1 Å². The van der Waals surface area contributed by atoms with Crippen molar-refractivity contribution < 1.29 is 4.42 Å². The van der Waals surface area contributed by atoms with Gasteiger partial charge in [-0.2, -0.15) is 0 Å². The Morgan fingerprint density at radius 1 is 0.905 bits per heavy atom. The van der Waals surface area contributed by atoms with E-state index in [9.17, 15) is 0 Å². The van der Waals surface area contributed by atoms with E-state index in [0.29, 0.717) is 6.54 Å². The SMILES string of the molecule is NCCc1ccc(-c2ocnc2Cc2ccccc2)cc1. The van der Waals surface area contributed by atoms with Crippen LogP contribution in [0, 0.1) is 0 Å². The van der Waals surface area contributed by atoms with Gasteiger partial charge in [-0.15, -0.1) is 0 Å². The molecule has 0 aliphatic rings. The first-order chi connectivity index (χ1) is 10.4. The van der Waals surface area contributed by atoms with E-state index in [4.69, 9.17) is 10.2 Å². The van der Waals surface area contributed by atoms with Crippen molar-refractivity contribution in [3.05, 3.63) is 77.8 Å². The maximum atomic E-state index is 5.59. The van der Waals surface area contributed by atoms with Gasteiger partial charge in [0.25, 0.3) is 0 Å². The van der Waals surface area contributed by atoms with Gasteiger partial charge in [-0.3, -0.25) is 0 Å². The molecule has 3 nitrogen and oxygen atoms in total. The first-order valence-electron chi connectivity index (χ1n) is 7.12. The molecule has 0 bridgehead atoms. The molecule has 0 fully saturated rings. The first-order valence-corrected chi connectivity index (χ1v) is 7.12. The smallest absolute Gasteiger partial charge is 0.181 e. The highest BCUT2D eigenvalue weighted by molar-refractivity contribution is 5.60. The van der Waals surface area contributed by atoms with Gasteiger partial charge in [0.1, 0.15) is 0 Å². The highest BCUT2D eigenvalue weighted by atomic mass is 16.3. The van der Waals surface area contributed by atoms with E-state index in [1.807, 2.05) is 18.2 Å². The molecule has 2 N–H and O–H groups in total. The molecule has 3 heteroatoms. The minimum absolute atomic E-state index is 0.668. The largest absolute Gasteiger partial charge is 0.443 e. The summed E-state index contributed by atoms with van der Waals surface area (Å²) in [4.78, 5) is 4.36. The number of rotatable bonds is 5. The van der Waals surface area contributed by atoms with Gasteiger partial charge in [0, 0.05) is 12.0 Å². The van der Waals surface area contributed by atoms with E-state index >= 15 is 0 Å². The topological polar surface area (TPSA) is 52.0 Å². The second-order valence-electron chi connectivity index (χ2n) is 5.03. The Labute approximate surface area is 124 Å². The van der Waals surface area contributed by atoms with Crippen LogP contribution in [0.1, 0.15) is 16.8 Å². The lowest BCUT2D eigenvalue weighted by Crippen LogP contribution is -2.02. The van der Waals surface area contributed by atoms with Crippen molar-refractivity contribution in [1.82, 2.24) is 4.98 Å². The number of nitrogens with zero attached hydrogens (tertiary/aromatic N) is 1. The predicted molar refractivity (Wildman–Crippen MR) is 83.9 cm³/mol. The molecule has 106 valence electrons. The number of nitrogens with two attached hydrogens (primary N) is 1. The number of benzene rings is 2. The fraction of sp³-hybridized carbons (Fsp3) is 0.167. The van der Waals surface area contributed by atoms with E-state index in [2.05, 4.69) is 41.4 Å². The predicted octanol–water partition coefficient (Wildman–Crippen LogP) is 3.43. The molecule has 3 aromatic rings. The van der Waals surface area contributed by atoms with Gasteiger partial charge in [-0.1, -0.05) is 54.6 Å². The van der Waals surface area contributed by atoms with Gasteiger partial charge >= 0.3 is 0 Å². The van der Waals surface area contributed by atoms with Crippen molar-refractivity contribution >= 4 is 0 Å². The van der Waals surface area contributed by atoms with E-state index < -0.39 is 0 Å². The Morgan fingerprint density at radius 3 is 2.38 bits per heavy atom. The molecule has 2 aromatic carbocycles. The molecular formula is C18H18N2O. The van der Waals surface area contributed by atoms with Crippen LogP contribution in [0.15, 0.2) is 65.4 Å². The molecule has 1 heterocycles. The minimum atomic E-state index is 0.668. The average Bonchev–Trinajstić information content (AvgIpc) is 2.98. The van der Waals surface area contributed by atoms with Gasteiger partial charge in [0.15, 0.2) is 12.2 Å². The fourth-order valence-electron chi connectivity index (χ4n) is 2.41. The molecule has 0 saturated carbocycles. The van der Waals surface area contributed by atoms with Crippen LogP contribution < -0.4 is 5.73 Å². The monoisotopic (exact) mass is 278 g/mol. The third kappa shape index (κ3) is 3.20. The zero-order valence-electron chi connectivity index (χ0n) is 11.8. The summed E-state index contributed by atoms with van der Waals surface area (Å²) in [6, 6.07) is 18.6. The second-order valence-corrected chi connectivity index (χ2v) is 5.03. The summed E-state index contributed by atoms with van der Waals surface area (Å²) in [5, 5.41) is 0.